The predicted molar refractivity (Wildman–Crippen MR) is 45.7 cm³/mol. The van der Waals surface area contributed by atoms with Gasteiger partial charge in [0.25, 0.3) is 0 Å². The number of likely N-dealkylation sites (tertiary alicyclic amines) is 1. The minimum atomic E-state index is -0.234. The lowest BCUT2D eigenvalue weighted by molar-refractivity contribution is -0.138. The third-order valence-electron chi connectivity index (χ3n) is 2.24. The van der Waals surface area contributed by atoms with E-state index in [4.69, 9.17) is 5.11 Å². The molecule has 1 rings (SSSR count). The van der Waals surface area contributed by atoms with Crippen LogP contribution < -0.4 is 0 Å². The van der Waals surface area contributed by atoms with E-state index in [1.807, 2.05) is 11.8 Å². The van der Waals surface area contributed by atoms with Gasteiger partial charge in [-0.15, -0.1) is 0 Å². The molecule has 1 saturated heterocycles. The van der Waals surface area contributed by atoms with Gasteiger partial charge in [-0.1, -0.05) is 0 Å². The first-order valence-electron chi connectivity index (χ1n) is 4.15. The summed E-state index contributed by atoms with van der Waals surface area (Å²) in [5.74, 6) is 0.0990. The summed E-state index contributed by atoms with van der Waals surface area (Å²) < 4.78 is 0. The van der Waals surface area contributed by atoms with Crippen molar-refractivity contribution in [2.24, 2.45) is 0 Å². The number of hydrogen-bond acceptors (Lipinski definition) is 3. The molecule has 1 aliphatic heterocycles. The van der Waals surface area contributed by atoms with Gasteiger partial charge in [0.05, 0.1) is 12.1 Å². The fourth-order valence-electron chi connectivity index (χ4n) is 1.33. The zero-order valence-electron chi connectivity index (χ0n) is 7.82. The Morgan fingerprint density at radius 2 is 2.08 bits per heavy atom. The van der Waals surface area contributed by atoms with Crippen LogP contribution >= 0.6 is 0 Å². The maximum atomic E-state index is 11.4. The average Bonchev–Trinajstić information content (AvgIpc) is 1.95. The standard InChI is InChI=1S/C8H16N2O2/c1-6(8(12)9(2)3)10-4-7(11)5-10/h6-7,11H,4-5H2,1-3H3. The summed E-state index contributed by atoms with van der Waals surface area (Å²) in [7, 11) is 3.49. The third kappa shape index (κ3) is 1.76. The van der Waals surface area contributed by atoms with Gasteiger partial charge in [0.1, 0.15) is 0 Å². The molecule has 1 unspecified atom stereocenters. The molecular weight excluding hydrogens is 156 g/mol. The Balaban J connectivity index is 2.38. The Kier molecular flexibility index (Phi) is 2.69. The largest absolute Gasteiger partial charge is 0.390 e. The van der Waals surface area contributed by atoms with Crippen molar-refractivity contribution in [3.05, 3.63) is 0 Å². The monoisotopic (exact) mass is 172 g/mol. The van der Waals surface area contributed by atoms with Gasteiger partial charge in [-0.3, -0.25) is 9.69 Å². The second-order valence-corrected chi connectivity index (χ2v) is 3.52. The zero-order chi connectivity index (χ0) is 9.30. The van der Waals surface area contributed by atoms with Gasteiger partial charge in [-0.05, 0) is 6.92 Å². The lowest BCUT2D eigenvalue weighted by Crippen LogP contribution is -2.58. The van der Waals surface area contributed by atoms with Crippen LogP contribution in [0, 0.1) is 0 Å². The molecule has 1 heterocycles. The Bertz CT molecular complexity index is 176. The van der Waals surface area contributed by atoms with Gasteiger partial charge in [0, 0.05) is 27.2 Å². The van der Waals surface area contributed by atoms with E-state index in [2.05, 4.69) is 0 Å². The van der Waals surface area contributed by atoms with Crippen molar-refractivity contribution in [1.29, 1.82) is 0 Å². The molecule has 4 nitrogen and oxygen atoms in total. The highest BCUT2D eigenvalue weighted by Gasteiger charge is 2.32. The molecule has 1 fully saturated rings. The normalized spacial score (nSPS) is 21.7. The number of carbonyl (C=O) groups is 1. The Labute approximate surface area is 72.8 Å². The summed E-state index contributed by atoms with van der Waals surface area (Å²) in [6.45, 7) is 3.12. The molecular formula is C8H16N2O2. The number of rotatable bonds is 2. The molecule has 4 heteroatoms. The van der Waals surface area contributed by atoms with Crippen LogP contribution in [-0.4, -0.2) is 60.1 Å². The molecule has 12 heavy (non-hydrogen) atoms. The van der Waals surface area contributed by atoms with Crippen molar-refractivity contribution in [2.75, 3.05) is 27.2 Å². The molecule has 0 aromatic heterocycles. The SMILES string of the molecule is CC(C(=O)N(C)C)N1CC(O)C1. The third-order valence-corrected chi connectivity index (χ3v) is 2.24. The molecule has 1 N–H and O–H groups in total. The van der Waals surface area contributed by atoms with Crippen molar-refractivity contribution >= 4 is 5.91 Å². The van der Waals surface area contributed by atoms with Crippen LogP contribution in [0.1, 0.15) is 6.92 Å². The smallest absolute Gasteiger partial charge is 0.239 e. The highest BCUT2D eigenvalue weighted by atomic mass is 16.3. The molecule has 0 aliphatic carbocycles. The second kappa shape index (κ2) is 3.41. The van der Waals surface area contributed by atoms with Crippen molar-refractivity contribution in [1.82, 2.24) is 9.80 Å². The van der Waals surface area contributed by atoms with Crippen molar-refractivity contribution in [3.8, 4) is 0 Å². The van der Waals surface area contributed by atoms with Crippen LogP contribution in [0.4, 0.5) is 0 Å². The van der Waals surface area contributed by atoms with Crippen LogP contribution in [0.25, 0.3) is 0 Å². The van der Waals surface area contributed by atoms with Crippen LogP contribution in [0.3, 0.4) is 0 Å². The van der Waals surface area contributed by atoms with Gasteiger partial charge >= 0.3 is 0 Å². The first-order chi connectivity index (χ1) is 5.52. The van der Waals surface area contributed by atoms with E-state index in [0.29, 0.717) is 13.1 Å². The van der Waals surface area contributed by atoms with Gasteiger partial charge < -0.3 is 10.0 Å². The zero-order valence-corrected chi connectivity index (χ0v) is 7.82. The van der Waals surface area contributed by atoms with E-state index in [0.717, 1.165) is 0 Å². The number of aliphatic hydroxyl groups excluding tert-OH is 1. The van der Waals surface area contributed by atoms with Crippen LogP contribution in [0.2, 0.25) is 0 Å². The van der Waals surface area contributed by atoms with Crippen LogP contribution in [0.5, 0.6) is 0 Å². The molecule has 0 bridgehead atoms. The Morgan fingerprint density at radius 1 is 1.58 bits per heavy atom. The summed E-state index contributed by atoms with van der Waals surface area (Å²) in [5.41, 5.74) is 0. The van der Waals surface area contributed by atoms with E-state index in [9.17, 15) is 4.79 Å². The Hall–Kier alpha value is -0.610. The average molecular weight is 172 g/mol. The van der Waals surface area contributed by atoms with E-state index in [1.54, 1.807) is 19.0 Å². The molecule has 70 valence electrons. The molecule has 0 saturated carbocycles. The molecule has 1 amide bonds. The quantitative estimate of drug-likeness (QED) is 0.589. The summed E-state index contributed by atoms with van der Waals surface area (Å²) in [4.78, 5) is 14.9. The van der Waals surface area contributed by atoms with Crippen LogP contribution in [-0.2, 0) is 4.79 Å². The molecule has 0 aromatic carbocycles. The van der Waals surface area contributed by atoms with Crippen molar-refractivity contribution < 1.29 is 9.90 Å². The van der Waals surface area contributed by atoms with Crippen molar-refractivity contribution in [2.45, 2.75) is 19.1 Å². The van der Waals surface area contributed by atoms with Crippen LogP contribution in [0.15, 0.2) is 0 Å². The fourth-order valence-corrected chi connectivity index (χ4v) is 1.33. The topological polar surface area (TPSA) is 43.8 Å². The lowest BCUT2D eigenvalue weighted by Gasteiger charge is -2.40. The first kappa shape index (κ1) is 9.48. The minimum Gasteiger partial charge on any atom is -0.390 e. The molecule has 0 radical (unpaired) electrons. The van der Waals surface area contributed by atoms with E-state index < -0.39 is 0 Å². The summed E-state index contributed by atoms with van der Waals surface area (Å²) in [6.07, 6.45) is -0.234. The van der Waals surface area contributed by atoms with E-state index in [-0.39, 0.29) is 18.1 Å². The molecule has 0 spiro atoms. The van der Waals surface area contributed by atoms with Gasteiger partial charge in [-0.2, -0.15) is 0 Å². The molecule has 1 atom stereocenters. The number of nitrogens with zero attached hydrogens (tertiary/aromatic N) is 2. The number of β-amino-alcohol motifs (C(OH)–C–C–N with tert-alkyl or cyclic N) is 1. The predicted octanol–water partition coefficient (Wildman–Crippen LogP) is -0.860. The Morgan fingerprint density at radius 3 is 2.42 bits per heavy atom. The summed E-state index contributed by atoms with van der Waals surface area (Å²) >= 11 is 0. The van der Waals surface area contributed by atoms with Gasteiger partial charge in [0.2, 0.25) is 5.91 Å². The number of likely N-dealkylation sites (N-methyl/N-ethyl adjacent to an activating group) is 1. The van der Waals surface area contributed by atoms with Gasteiger partial charge in [-0.25, -0.2) is 0 Å². The highest BCUT2D eigenvalue weighted by molar-refractivity contribution is 5.81. The summed E-state index contributed by atoms with van der Waals surface area (Å²) in [5, 5.41) is 9.02. The molecule has 1 aliphatic rings. The number of amides is 1. The number of hydrogen-bond donors (Lipinski definition) is 1. The van der Waals surface area contributed by atoms with E-state index >= 15 is 0 Å². The number of aliphatic hydroxyl groups is 1. The number of carbonyl (C=O) groups excluding carboxylic acids is 1. The van der Waals surface area contributed by atoms with Gasteiger partial charge in [0.15, 0.2) is 0 Å². The highest BCUT2D eigenvalue weighted by Crippen LogP contribution is 2.12. The maximum Gasteiger partial charge on any atom is 0.239 e. The van der Waals surface area contributed by atoms with Crippen molar-refractivity contribution in [3.63, 3.8) is 0 Å². The lowest BCUT2D eigenvalue weighted by atomic mass is 10.1. The summed E-state index contributed by atoms with van der Waals surface area (Å²) in [6, 6.07) is -0.0941. The second-order valence-electron chi connectivity index (χ2n) is 3.52. The fraction of sp³-hybridized carbons (Fsp3) is 0.875. The maximum absolute atomic E-state index is 11.4. The molecule has 0 aromatic rings. The minimum absolute atomic E-state index is 0.0941. The first-order valence-corrected chi connectivity index (χ1v) is 4.15. The van der Waals surface area contributed by atoms with E-state index in [1.165, 1.54) is 0 Å².